The second kappa shape index (κ2) is 6.78. The van der Waals surface area contributed by atoms with Gasteiger partial charge in [0.15, 0.2) is 17.0 Å². The molecule has 3 N–H and O–H groups in total. The molecule has 12 heteroatoms. The van der Waals surface area contributed by atoms with Gasteiger partial charge in [-0.25, -0.2) is 19.3 Å². The Kier molecular flexibility index (Phi) is 4.67. The first kappa shape index (κ1) is 19.3. The zero-order valence-corrected chi connectivity index (χ0v) is 14.7. The number of aromatic nitrogens is 4. The van der Waals surface area contributed by atoms with Gasteiger partial charge in [-0.15, -0.1) is 0 Å². The number of anilines is 1. The summed E-state index contributed by atoms with van der Waals surface area (Å²) in [5.74, 6) is -4.18. The maximum absolute atomic E-state index is 15.5. The summed E-state index contributed by atoms with van der Waals surface area (Å²) in [6.45, 7) is -1.31. The number of hydrogen-bond acceptors (Lipinski definition) is 7. The van der Waals surface area contributed by atoms with E-state index in [1.54, 1.807) is 0 Å². The highest BCUT2D eigenvalue weighted by Gasteiger charge is 2.52. The van der Waals surface area contributed by atoms with E-state index < -0.39 is 48.9 Å². The highest BCUT2D eigenvalue weighted by molar-refractivity contribution is 5.83. The maximum Gasteiger partial charge on any atom is 0.451 e. The number of aliphatic hydroxyl groups excluding tert-OH is 2. The number of rotatable bonds is 4. The molecule has 0 bridgehead atoms. The standard InChI is InChI=1S/C16H19F4N5O3/c17-15(6-28-9(5-26)11(15)27)25-7-21-10-12(22-8-3-1-2-4-8)23-14(16(18,19)20)24-13(10)25/h7-9,11,26-27H,1-6H2,(H,22,23,24)/t9-,11-,15-/m1/s1. The van der Waals surface area contributed by atoms with Crippen LogP contribution in [0.4, 0.5) is 23.4 Å². The quantitative estimate of drug-likeness (QED) is 0.663. The predicted octanol–water partition coefficient (Wildman–Crippen LogP) is 1.57. The third kappa shape index (κ3) is 3.08. The van der Waals surface area contributed by atoms with Gasteiger partial charge in [-0.05, 0) is 12.8 Å². The molecule has 1 saturated heterocycles. The van der Waals surface area contributed by atoms with Crippen molar-refractivity contribution in [3.63, 3.8) is 0 Å². The van der Waals surface area contributed by atoms with E-state index in [9.17, 15) is 23.4 Å². The average molecular weight is 405 g/mol. The van der Waals surface area contributed by atoms with Crippen LogP contribution in [0.3, 0.4) is 0 Å². The van der Waals surface area contributed by atoms with Gasteiger partial charge in [-0.3, -0.25) is 4.57 Å². The van der Waals surface area contributed by atoms with Gasteiger partial charge in [0, 0.05) is 6.04 Å². The van der Waals surface area contributed by atoms with Crippen molar-refractivity contribution in [3.05, 3.63) is 12.2 Å². The van der Waals surface area contributed by atoms with Crippen LogP contribution in [0.1, 0.15) is 31.5 Å². The van der Waals surface area contributed by atoms with Crippen LogP contribution in [0.25, 0.3) is 11.2 Å². The Bertz CT molecular complexity index is 870. The summed E-state index contributed by atoms with van der Waals surface area (Å²) >= 11 is 0. The molecule has 3 heterocycles. The Morgan fingerprint density at radius 3 is 2.61 bits per heavy atom. The molecule has 1 aliphatic heterocycles. The predicted molar refractivity (Wildman–Crippen MR) is 88.1 cm³/mol. The molecule has 0 spiro atoms. The Morgan fingerprint density at radius 1 is 1.29 bits per heavy atom. The number of alkyl halides is 4. The normalized spacial score (nSPS) is 29.1. The number of halogens is 4. The van der Waals surface area contributed by atoms with Crippen molar-refractivity contribution in [2.45, 2.75) is 55.9 Å². The molecule has 3 atom stereocenters. The molecule has 0 unspecified atom stereocenters. The van der Waals surface area contributed by atoms with Crippen LogP contribution in [0.2, 0.25) is 0 Å². The highest BCUT2D eigenvalue weighted by atomic mass is 19.4. The summed E-state index contributed by atoms with van der Waals surface area (Å²) in [6.07, 6.45) is -3.43. The first-order valence-electron chi connectivity index (χ1n) is 8.93. The van der Waals surface area contributed by atoms with Crippen molar-refractivity contribution < 1.29 is 32.5 Å². The van der Waals surface area contributed by atoms with Crippen LogP contribution in [-0.4, -0.2) is 61.2 Å². The van der Waals surface area contributed by atoms with Gasteiger partial charge >= 0.3 is 6.18 Å². The average Bonchev–Trinajstić information content (AvgIpc) is 3.35. The fraction of sp³-hybridized carbons (Fsp3) is 0.688. The molecule has 2 aromatic heterocycles. The van der Waals surface area contributed by atoms with Crippen LogP contribution < -0.4 is 5.32 Å². The maximum atomic E-state index is 15.5. The lowest BCUT2D eigenvalue weighted by Crippen LogP contribution is -2.43. The third-order valence-corrected chi connectivity index (χ3v) is 5.23. The van der Waals surface area contributed by atoms with E-state index in [-0.39, 0.29) is 17.4 Å². The van der Waals surface area contributed by atoms with Crippen molar-refractivity contribution in [2.24, 2.45) is 0 Å². The monoisotopic (exact) mass is 405 g/mol. The first-order valence-corrected chi connectivity index (χ1v) is 8.93. The summed E-state index contributed by atoms with van der Waals surface area (Å²) in [4.78, 5) is 11.0. The van der Waals surface area contributed by atoms with Crippen molar-refractivity contribution in [1.82, 2.24) is 19.5 Å². The SMILES string of the molecule is OC[C@H]1OC[C@@](F)(n2cnc3c(NC4CCCC4)nc(C(F)(F)F)nc32)[C@@H]1O. The van der Waals surface area contributed by atoms with Gasteiger partial charge < -0.3 is 20.3 Å². The number of imidazole rings is 1. The Balaban J connectivity index is 1.83. The number of nitrogens with one attached hydrogen (secondary N) is 1. The van der Waals surface area contributed by atoms with Crippen LogP contribution in [0.15, 0.2) is 6.33 Å². The fourth-order valence-corrected chi connectivity index (χ4v) is 3.71. The zero-order chi connectivity index (χ0) is 20.1. The molecular formula is C16H19F4N5O3. The van der Waals surface area contributed by atoms with E-state index in [4.69, 9.17) is 4.74 Å². The van der Waals surface area contributed by atoms with Crippen molar-refractivity contribution in [1.29, 1.82) is 0 Å². The van der Waals surface area contributed by atoms with Gasteiger partial charge in [-0.1, -0.05) is 12.8 Å². The largest absolute Gasteiger partial charge is 0.451 e. The molecule has 0 radical (unpaired) electrons. The second-order valence-corrected chi connectivity index (χ2v) is 7.10. The van der Waals surface area contributed by atoms with Gasteiger partial charge in [0.25, 0.3) is 0 Å². The number of fused-ring (bicyclic) bond motifs is 1. The molecular weight excluding hydrogens is 386 g/mol. The van der Waals surface area contributed by atoms with Crippen LogP contribution >= 0.6 is 0 Å². The molecule has 8 nitrogen and oxygen atoms in total. The molecule has 1 aliphatic carbocycles. The van der Waals surface area contributed by atoms with Gasteiger partial charge in [0.05, 0.1) is 12.9 Å². The molecule has 0 amide bonds. The van der Waals surface area contributed by atoms with Gasteiger partial charge in [0.1, 0.15) is 18.8 Å². The summed E-state index contributed by atoms with van der Waals surface area (Å²) in [5, 5.41) is 22.3. The van der Waals surface area contributed by atoms with E-state index >= 15 is 4.39 Å². The summed E-state index contributed by atoms with van der Waals surface area (Å²) in [7, 11) is 0. The van der Waals surface area contributed by atoms with E-state index in [1.807, 2.05) is 0 Å². The number of hydrogen-bond donors (Lipinski definition) is 3. The minimum atomic E-state index is -4.85. The van der Waals surface area contributed by atoms with E-state index in [2.05, 4.69) is 20.3 Å². The minimum absolute atomic E-state index is 0.0310. The van der Waals surface area contributed by atoms with Gasteiger partial charge in [-0.2, -0.15) is 13.2 Å². The summed E-state index contributed by atoms with van der Waals surface area (Å²) < 4.78 is 61.2. The summed E-state index contributed by atoms with van der Waals surface area (Å²) in [5.41, 5.74) is -0.442. The number of ether oxygens (including phenoxy) is 1. The third-order valence-electron chi connectivity index (χ3n) is 5.23. The Morgan fingerprint density at radius 2 is 2.00 bits per heavy atom. The molecule has 154 valence electrons. The Labute approximate surface area is 156 Å². The van der Waals surface area contributed by atoms with E-state index in [0.717, 1.165) is 36.6 Å². The lowest BCUT2D eigenvalue weighted by Gasteiger charge is -2.25. The van der Waals surface area contributed by atoms with Crippen molar-refractivity contribution in [2.75, 3.05) is 18.5 Å². The highest BCUT2D eigenvalue weighted by Crippen LogP contribution is 2.38. The lowest BCUT2D eigenvalue weighted by atomic mass is 10.1. The topological polar surface area (TPSA) is 105 Å². The van der Waals surface area contributed by atoms with E-state index in [0.29, 0.717) is 0 Å². The molecule has 28 heavy (non-hydrogen) atoms. The van der Waals surface area contributed by atoms with Crippen LogP contribution in [-0.2, 0) is 16.7 Å². The molecule has 0 aromatic carbocycles. The minimum Gasteiger partial charge on any atom is -0.394 e. The second-order valence-electron chi connectivity index (χ2n) is 7.10. The Hall–Kier alpha value is -2.05. The smallest absolute Gasteiger partial charge is 0.394 e. The number of aliphatic hydroxyl groups is 2. The lowest BCUT2D eigenvalue weighted by molar-refractivity contribution is -0.144. The first-order chi connectivity index (χ1) is 13.2. The van der Waals surface area contributed by atoms with E-state index in [1.165, 1.54) is 0 Å². The molecule has 1 saturated carbocycles. The van der Waals surface area contributed by atoms with Crippen molar-refractivity contribution in [3.8, 4) is 0 Å². The zero-order valence-electron chi connectivity index (χ0n) is 14.7. The van der Waals surface area contributed by atoms with Crippen LogP contribution in [0, 0.1) is 0 Å². The number of nitrogens with zero attached hydrogens (tertiary/aromatic N) is 4. The fourth-order valence-electron chi connectivity index (χ4n) is 3.71. The molecule has 2 aliphatic rings. The molecule has 2 fully saturated rings. The van der Waals surface area contributed by atoms with Crippen LogP contribution in [0.5, 0.6) is 0 Å². The van der Waals surface area contributed by atoms with Crippen molar-refractivity contribution >= 4 is 17.0 Å². The summed E-state index contributed by atoms with van der Waals surface area (Å²) in [6, 6.07) is -0.0529. The van der Waals surface area contributed by atoms with Gasteiger partial charge in [0.2, 0.25) is 11.6 Å². The molecule has 4 rings (SSSR count). The molecule has 2 aromatic rings.